The minimum absolute atomic E-state index is 0.794. The van der Waals surface area contributed by atoms with Crippen LogP contribution in [0.25, 0.3) is 0 Å². The van der Waals surface area contributed by atoms with Crippen molar-refractivity contribution in [1.82, 2.24) is 0 Å². The van der Waals surface area contributed by atoms with E-state index in [1.54, 1.807) is 7.11 Å². The fourth-order valence-corrected chi connectivity index (χ4v) is 2.18. The van der Waals surface area contributed by atoms with E-state index < -0.39 is 0 Å². The maximum Gasteiger partial charge on any atom is 0.0470 e. The van der Waals surface area contributed by atoms with Crippen LogP contribution in [0.2, 0.25) is 0 Å². The van der Waals surface area contributed by atoms with E-state index in [1.165, 1.54) is 17.9 Å². The number of alkyl halides is 1. The van der Waals surface area contributed by atoms with Crippen molar-refractivity contribution in [2.75, 3.05) is 30.6 Å². The van der Waals surface area contributed by atoms with E-state index in [0.717, 1.165) is 17.9 Å². The van der Waals surface area contributed by atoms with Gasteiger partial charge in [-0.25, -0.2) is 0 Å². The van der Waals surface area contributed by atoms with E-state index in [9.17, 15) is 0 Å². The first kappa shape index (κ1) is 11.8. The largest absolute Gasteiger partial charge is 0.385 e. The monoisotopic (exact) mass is 240 g/mol. The Morgan fingerprint density at radius 2 is 2.27 bits per heavy atom. The summed E-state index contributed by atoms with van der Waals surface area (Å²) in [6, 6.07) is 0. The zero-order valence-corrected chi connectivity index (χ0v) is 9.71. The lowest BCUT2D eigenvalue weighted by atomic mass is 10.3. The first-order chi connectivity index (χ1) is 5.31. The summed E-state index contributed by atoms with van der Waals surface area (Å²) in [5.41, 5.74) is 0. The Hall–Kier alpha value is 0.790. The third-order valence-corrected chi connectivity index (χ3v) is 3.79. The lowest BCUT2D eigenvalue weighted by molar-refractivity contribution is 0.200. The van der Waals surface area contributed by atoms with Gasteiger partial charge in [0, 0.05) is 19.0 Å². The van der Waals surface area contributed by atoms with E-state index in [-0.39, 0.29) is 0 Å². The van der Waals surface area contributed by atoms with Gasteiger partial charge in [-0.15, -0.1) is 0 Å². The van der Waals surface area contributed by atoms with Crippen LogP contribution in [0.15, 0.2) is 0 Å². The minimum atomic E-state index is 0.794. The molecule has 1 atom stereocenters. The van der Waals surface area contributed by atoms with Gasteiger partial charge in [-0.05, 0) is 23.8 Å². The Morgan fingerprint density at radius 1 is 1.55 bits per heavy atom. The molecule has 1 unspecified atom stereocenters. The SMILES string of the molecule is COCCCSCC(C)CBr. The number of hydrogen-bond donors (Lipinski definition) is 0. The molecule has 0 N–H and O–H groups in total. The van der Waals surface area contributed by atoms with Crippen LogP contribution < -0.4 is 0 Å². The molecule has 0 aromatic carbocycles. The molecule has 0 bridgehead atoms. The molecule has 0 aromatic rings. The van der Waals surface area contributed by atoms with Crippen molar-refractivity contribution in [3.05, 3.63) is 0 Å². The molecule has 0 rings (SSSR count). The summed E-state index contributed by atoms with van der Waals surface area (Å²) >= 11 is 5.48. The first-order valence-corrected chi connectivity index (χ1v) is 6.21. The van der Waals surface area contributed by atoms with E-state index in [4.69, 9.17) is 4.74 Å². The molecule has 0 aliphatic rings. The molecule has 1 nitrogen and oxygen atoms in total. The third-order valence-electron chi connectivity index (χ3n) is 1.30. The van der Waals surface area contributed by atoms with Gasteiger partial charge in [0.05, 0.1) is 0 Å². The van der Waals surface area contributed by atoms with Crippen molar-refractivity contribution < 1.29 is 4.74 Å². The summed E-state index contributed by atoms with van der Waals surface area (Å²) in [7, 11) is 1.76. The normalized spacial score (nSPS) is 13.4. The Bertz CT molecular complexity index is 80.5. The fourth-order valence-electron chi connectivity index (χ4n) is 0.634. The Balaban J connectivity index is 2.89. The van der Waals surface area contributed by atoms with Crippen LogP contribution in [0.3, 0.4) is 0 Å². The molecule has 3 heteroatoms. The highest BCUT2D eigenvalue weighted by Crippen LogP contribution is 2.11. The van der Waals surface area contributed by atoms with Crippen LogP contribution in [0.1, 0.15) is 13.3 Å². The quantitative estimate of drug-likeness (QED) is 0.500. The number of rotatable bonds is 7. The summed E-state index contributed by atoms with van der Waals surface area (Å²) in [5, 5.41) is 1.12. The smallest absolute Gasteiger partial charge is 0.0470 e. The number of methoxy groups -OCH3 is 1. The topological polar surface area (TPSA) is 9.23 Å². The van der Waals surface area contributed by atoms with Crippen LogP contribution in [-0.2, 0) is 4.74 Å². The van der Waals surface area contributed by atoms with Crippen molar-refractivity contribution in [2.45, 2.75) is 13.3 Å². The highest BCUT2D eigenvalue weighted by molar-refractivity contribution is 9.09. The van der Waals surface area contributed by atoms with Crippen LogP contribution in [-0.4, -0.2) is 30.6 Å². The maximum absolute atomic E-state index is 4.95. The second-order valence-electron chi connectivity index (χ2n) is 2.68. The fraction of sp³-hybridized carbons (Fsp3) is 1.00. The molecule has 0 amide bonds. The predicted octanol–water partition coefficient (Wildman–Crippen LogP) is 2.79. The van der Waals surface area contributed by atoms with Gasteiger partial charge in [-0.2, -0.15) is 11.8 Å². The number of ether oxygens (including phenoxy) is 1. The zero-order valence-electron chi connectivity index (χ0n) is 7.31. The third kappa shape index (κ3) is 8.70. The average molecular weight is 241 g/mol. The lowest BCUT2D eigenvalue weighted by Gasteiger charge is -2.05. The predicted molar refractivity (Wildman–Crippen MR) is 56.8 cm³/mol. The molecule has 0 spiro atoms. The van der Waals surface area contributed by atoms with Crippen LogP contribution >= 0.6 is 27.7 Å². The van der Waals surface area contributed by atoms with Gasteiger partial charge in [-0.3, -0.25) is 0 Å². The van der Waals surface area contributed by atoms with Gasteiger partial charge in [0.2, 0.25) is 0 Å². The maximum atomic E-state index is 4.95. The highest BCUT2D eigenvalue weighted by atomic mass is 79.9. The Kier molecular flexibility index (Phi) is 9.52. The molecular weight excluding hydrogens is 224 g/mol. The van der Waals surface area contributed by atoms with Gasteiger partial charge in [0.25, 0.3) is 0 Å². The van der Waals surface area contributed by atoms with Gasteiger partial charge in [0.1, 0.15) is 0 Å². The molecule has 0 aromatic heterocycles. The van der Waals surface area contributed by atoms with Crippen LogP contribution in [0, 0.1) is 5.92 Å². The van der Waals surface area contributed by atoms with Gasteiger partial charge >= 0.3 is 0 Å². The van der Waals surface area contributed by atoms with E-state index in [0.29, 0.717) is 0 Å². The summed E-state index contributed by atoms with van der Waals surface area (Å²) in [4.78, 5) is 0. The van der Waals surface area contributed by atoms with Gasteiger partial charge in [-0.1, -0.05) is 22.9 Å². The molecule has 0 aliphatic heterocycles. The molecule has 68 valence electrons. The van der Waals surface area contributed by atoms with Crippen molar-refractivity contribution in [1.29, 1.82) is 0 Å². The molecule has 11 heavy (non-hydrogen) atoms. The zero-order chi connectivity index (χ0) is 8.53. The second kappa shape index (κ2) is 8.88. The molecule has 0 aliphatic carbocycles. The lowest BCUT2D eigenvalue weighted by Crippen LogP contribution is -2.00. The molecule has 0 heterocycles. The number of thioether (sulfide) groups is 1. The summed E-state index contributed by atoms with van der Waals surface area (Å²) in [6.45, 7) is 3.16. The summed E-state index contributed by atoms with van der Waals surface area (Å²) in [6.07, 6.45) is 1.18. The highest BCUT2D eigenvalue weighted by Gasteiger charge is 1.98. The molecule has 0 saturated carbocycles. The molecule has 0 radical (unpaired) electrons. The van der Waals surface area contributed by atoms with Crippen molar-refractivity contribution >= 4 is 27.7 Å². The number of halogens is 1. The molecular formula is C8H17BrOS. The Morgan fingerprint density at radius 3 is 2.82 bits per heavy atom. The van der Waals surface area contributed by atoms with E-state index in [2.05, 4.69) is 22.9 Å². The average Bonchev–Trinajstić information content (AvgIpc) is 2.04. The van der Waals surface area contributed by atoms with Crippen LogP contribution in [0.5, 0.6) is 0 Å². The van der Waals surface area contributed by atoms with E-state index >= 15 is 0 Å². The van der Waals surface area contributed by atoms with Gasteiger partial charge < -0.3 is 4.74 Å². The summed E-state index contributed by atoms with van der Waals surface area (Å²) in [5.74, 6) is 3.28. The summed E-state index contributed by atoms with van der Waals surface area (Å²) < 4.78 is 4.95. The molecule has 0 fully saturated rings. The van der Waals surface area contributed by atoms with E-state index in [1.807, 2.05) is 11.8 Å². The van der Waals surface area contributed by atoms with Crippen molar-refractivity contribution in [2.24, 2.45) is 5.92 Å². The standard InChI is InChI=1S/C8H17BrOS/c1-8(6-9)7-11-5-3-4-10-2/h8H,3-7H2,1-2H3. The van der Waals surface area contributed by atoms with Crippen molar-refractivity contribution in [3.8, 4) is 0 Å². The second-order valence-corrected chi connectivity index (χ2v) is 4.48. The molecule has 0 saturated heterocycles. The number of hydrogen-bond acceptors (Lipinski definition) is 2. The minimum Gasteiger partial charge on any atom is -0.385 e. The van der Waals surface area contributed by atoms with Gasteiger partial charge in [0.15, 0.2) is 0 Å². The van der Waals surface area contributed by atoms with Crippen molar-refractivity contribution in [3.63, 3.8) is 0 Å². The Labute approximate surface area is 82.4 Å². The first-order valence-electron chi connectivity index (χ1n) is 3.94. The van der Waals surface area contributed by atoms with Crippen LogP contribution in [0.4, 0.5) is 0 Å².